The molecule has 0 aliphatic carbocycles. The molecule has 0 aliphatic rings. The predicted octanol–water partition coefficient (Wildman–Crippen LogP) is 2.81. The first kappa shape index (κ1) is 15.1. The lowest BCUT2D eigenvalue weighted by molar-refractivity contribution is -0.118. The summed E-state index contributed by atoms with van der Waals surface area (Å²) in [5.41, 5.74) is 1.92. The highest BCUT2D eigenvalue weighted by atomic mass is 16.5. The molecule has 0 bridgehead atoms. The van der Waals surface area contributed by atoms with E-state index in [1.807, 2.05) is 54.6 Å². The topological polar surface area (TPSA) is 50.4 Å². The van der Waals surface area contributed by atoms with Crippen molar-refractivity contribution in [3.63, 3.8) is 0 Å². The average Bonchev–Trinajstić information content (AvgIpc) is 2.52. The molecule has 4 heteroatoms. The number of benzene rings is 2. The Labute approximate surface area is 125 Å². The Balaban J connectivity index is 1.84. The van der Waals surface area contributed by atoms with Gasteiger partial charge in [0.1, 0.15) is 5.75 Å². The van der Waals surface area contributed by atoms with Crippen LogP contribution in [0.1, 0.15) is 12.5 Å². The predicted molar refractivity (Wildman–Crippen MR) is 84.4 cm³/mol. The maximum atomic E-state index is 11.9. The summed E-state index contributed by atoms with van der Waals surface area (Å²) >= 11 is 0. The van der Waals surface area contributed by atoms with Crippen LogP contribution in [0.2, 0.25) is 0 Å². The molecular weight excluding hydrogens is 264 g/mol. The molecule has 2 rings (SSSR count). The van der Waals surface area contributed by atoms with E-state index in [1.54, 1.807) is 0 Å². The number of nitrogens with one attached hydrogen (secondary N) is 2. The summed E-state index contributed by atoms with van der Waals surface area (Å²) in [6.07, 6.45) is 0. The highest BCUT2D eigenvalue weighted by Crippen LogP contribution is 2.11. The van der Waals surface area contributed by atoms with Gasteiger partial charge in [-0.25, -0.2) is 0 Å². The molecule has 0 unspecified atom stereocenters. The molecule has 2 aromatic rings. The van der Waals surface area contributed by atoms with Crippen LogP contribution in [0, 0.1) is 0 Å². The van der Waals surface area contributed by atoms with Crippen molar-refractivity contribution < 1.29 is 9.53 Å². The van der Waals surface area contributed by atoms with Crippen molar-refractivity contribution in [1.29, 1.82) is 0 Å². The van der Waals surface area contributed by atoms with Gasteiger partial charge in [-0.2, -0.15) is 0 Å². The van der Waals surface area contributed by atoms with E-state index in [4.69, 9.17) is 4.74 Å². The molecule has 4 nitrogen and oxygen atoms in total. The van der Waals surface area contributed by atoms with Gasteiger partial charge in [0.25, 0.3) is 5.91 Å². The van der Waals surface area contributed by atoms with Crippen molar-refractivity contribution in [3.8, 4) is 5.75 Å². The highest BCUT2D eigenvalue weighted by Gasteiger charge is 2.04. The van der Waals surface area contributed by atoms with Crippen molar-refractivity contribution in [2.45, 2.75) is 13.5 Å². The molecular formula is C17H20N2O2. The van der Waals surface area contributed by atoms with Crippen LogP contribution < -0.4 is 15.4 Å². The van der Waals surface area contributed by atoms with E-state index in [9.17, 15) is 4.79 Å². The van der Waals surface area contributed by atoms with Gasteiger partial charge >= 0.3 is 0 Å². The van der Waals surface area contributed by atoms with E-state index >= 15 is 0 Å². The quantitative estimate of drug-likeness (QED) is 0.822. The van der Waals surface area contributed by atoms with E-state index < -0.39 is 0 Å². The Kier molecular flexibility index (Phi) is 5.79. The van der Waals surface area contributed by atoms with Gasteiger partial charge < -0.3 is 15.4 Å². The molecule has 0 aliphatic heterocycles. The van der Waals surface area contributed by atoms with Crippen molar-refractivity contribution >= 4 is 11.6 Å². The third-order valence-electron chi connectivity index (χ3n) is 2.90. The summed E-state index contributed by atoms with van der Waals surface area (Å²) in [4.78, 5) is 11.9. The fraction of sp³-hybridized carbons (Fsp3) is 0.235. The normalized spacial score (nSPS) is 10.1. The second kappa shape index (κ2) is 8.07. The van der Waals surface area contributed by atoms with Gasteiger partial charge in [0.05, 0.1) is 0 Å². The maximum Gasteiger partial charge on any atom is 0.262 e. The van der Waals surface area contributed by atoms with Crippen LogP contribution in [0.3, 0.4) is 0 Å². The van der Waals surface area contributed by atoms with Crippen LogP contribution in [0.25, 0.3) is 0 Å². The number of amides is 1. The van der Waals surface area contributed by atoms with Crippen molar-refractivity contribution in [2.75, 3.05) is 18.5 Å². The van der Waals surface area contributed by atoms with Crippen molar-refractivity contribution in [3.05, 3.63) is 60.2 Å². The highest BCUT2D eigenvalue weighted by molar-refractivity contribution is 5.91. The first-order valence-corrected chi connectivity index (χ1v) is 7.05. The zero-order valence-corrected chi connectivity index (χ0v) is 12.1. The van der Waals surface area contributed by atoms with Crippen LogP contribution in [-0.4, -0.2) is 19.1 Å². The summed E-state index contributed by atoms with van der Waals surface area (Å²) < 4.78 is 5.41. The third-order valence-corrected chi connectivity index (χ3v) is 2.90. The molecule has 0 saturated heterocycles. The Morgan fingerprint density at radius 3 is 2.67 bits per heavy atom. The van der Waals surface area contributed by atoms with Crippen molar-refractivity contribution in [2.24, 2.45) is 0 Å². The number of hydrogen-bond acceptors (Lipinski definition) is 3. The second-order valence-electron chi connectivity index (χ2n) is 4.63. The molecule has 21 heavy (non-hydrogen) atoms. The number of anilines is 1. The van der Waals surface area contributed by atoms with Crippen LogP contribution in [0.4, 0.5) is 5.69 Å². The van der Waals surface area contributed by atoms with Crippen LogP contribution in [0.5, 0.6) is 5.75 Å². The first-order chi connectivity index (χ1) is 10.3. The minimum Gasteiger partial charge on any atom is -0.484 e. The summed E-state index contributed by atoms with van der Waals surface area (Å²) in [6, 6.07) is 17.1. The summed E-state index contributed by atoms with van der Waals surface area (Å²) in [5, 5.41) is 6.09. The van der Waals surface area contributed by atoms with E-state index in [2.05, 4.69) is 17.6 Å². The Morgan fingerprint density at radius 1 is 1.10 bits per heavy atom. The number of carbonyl (C=O) groups excluding carboxylic acids is 1. The molecule has 0 heterocycles. The smallest absolute Gasteiger partial charge is 0.262 e. The standard InChI is InChI=1S/C17H20N2O2/c1-2-18-12-14-7-6-8-15(11-14)19-17(20)13-21-16-9-4-3-5-10-16/h3-11,18H,2,12-13H2,1H3,(H,19,20). The molecule has 0 aromatic heterocycles. The summed E-state index contributed by atoms with van der Waals surface area (Å²) in [5.74, 6) is 0.521. The number of hydrogen-bond donors (Lipinski definition) is 2. The molecule has 0 atom stereocenters. The summed E-state index contributed by atoms with van der Waals surface area (Å²) in [7, 11) is 0. The zero-order valence-electron chi connectivity index (χ0n) is 12.1. The summed E-state index contributed by atoms with van der Waals surface area (Å²) in [6.45, 7) is 3.77. The average molecular weight is 284 g/mol. The maximum absolute atomic E-state index is 11.9. The molecule has 110 valence electrons. The Morgan fingerprint density at radius 2 is 1.90 bits per heavy atom. The van der Waals surface area contributed by atoms with E-state index in [0.717, 1.165) is 24.3 Å². The lowest BCUT2D eigenvalue weighted by Gasteiger charge is -2.09. The molecule has 2 N–H and O–H groups in total. The monoisotopic (exact) mass is 284 g/mol. The van der Waals surface area contributed by atoms with E-state index in [-0.39, 0.29) is 12.5 Å². The lowest BCUT2D eigenvalue weighted by atomic mass is 10.2. The molecule has 0 spiro atoms. The molecule has 2 aromatic carbocycles. The minimum absolute atomic E-state index is 0.00144. The third kappa shape index (κ3) is 5.28. The minimum atomic E-state index is -0.167. The van der Waals surface area contributed by atoms with E-state index in [0.29, 0.717) is 5.75 Å². The number of ether oxygens (including phenoxy) is 1. The second-order valence-corrected chi connectivity index (χ2v) is 4.63. The molecule has 0 saturated carbocycles. The molecule has 0 radical (unpaired) electrons. The van der Waals surface area contributed by atoms with E-state index in [1.165, 1.54) is 0 Å². The largest absolute Gasteiger partial charge is 0.484 e. The Bertz CT molecular complexity index is 570. The first-order valence-electron chi connectivity index (χ1n) is 7.05. The number of para-hydroxylation sites is 1. The van der Waals surface area contributed by atoms with Crippen molar-refractivity contribution in [1.82, 2.24) is 5.32 Å². The SMILES string of the molecule is CCNCc1cccc(NC(=O)COc2ccccc2)c1. The molecule has 1 amide bonds. The van der Waals surface area contributed by atoms with Gasteiger partial charge in [-0.1, -0.05) is 37.3 Å². The number of rotatable bonds is 7. The van der Waals surface area contributed by atoms with Gasteiger partial charge in [0, 0.05) is 12.2 Å². The van der Waals surface area contributed by atoms with Crippen LogP contribution in [0.15, 0.2) is 54.6 Å². The Hall–Kier alpha value is -2.33. The van der Waals surface area contributed by atoms with Crippen LogP contribution >= 0.6 is 0 Å². The van der Waals surface area contributed by atoms with Gasteiger partial charge in [-0.15, -0.1) is 0 Å². The lowest BCUT2D eigenvalue weighted by Crippen LogP contribution is -2.20. The van der Waals surface area contributed by atoms with Gasteiger partial charge in [-0.05, 0) is 36.4 Å². The fourth-order valence-electron chi connectivity index (χ4n) is 1.89. The molecule has 0 fully saturated rings. The van der Waals surface area contributed by atoms with Crippen LogP contribution in [-0.2, 0) is 11.3 Å². The fourth-order valence-corrected chi connectivity index (χ4v) is 1.89. The number of carbonyl (C=O) groups is 1. The zero-order chi connectivity index (χ0) is 14.9. The van der Waals surface area contributed by atoms with Gasteiger partial charge in [-0.3, -0.25) is 4.79 Å². The van der Waals surface area contributed by atoms with Gasteiger partial charge in [0.15, 0.2) is 6.61 Å². The van der Waals surface area contributed by atoms with Gasteiger partial charge in [0.2, 0.25) is 0 Å².